The van der Waals surface area contributed by atoms with Gasteiger partial charge in [-0.05, 0) is 29.8 Å². The van der Waals surface area contributed by atoms with E-state index in [1.54, 1.807) is 43.5 Å². The lowest BCUT2D eigenvalue weighted by molar-refractivity contribution is -0.123. The summed E-state index contributed by atoms with van der Waals surface area (Å²) in [4.78, 5) is 23.1. The van der Waals surface area contributed by atoms with Crippen molar-refractivity contribution in [1.29, 1.82) is 0 Å². The first-order valence-electron chi connectivity index (χ1n) is 7.47. The molecular weight excluding hydrogens is 326 g/mol. The van der Waals surface area contributed by atoms with Gasteiger partial charge >= 0.3 is 5.97 Å². The zero-order valence-corrected chi connectivity index (χ0v) is 13.9. The van der Waals surface area contributed by atoms with Gasteiger partial charge in [0.05, 0.1) is 14.2 Å². The quantitative estimate of drug-likeness (QED) is 0.761. The van der Waals surface area contributed by atoms with Crippen LogP contribution in [0.25, 0.3) is 0 Å². The number of methoxy groups -OCH3 is 2. The predicted octanol–water partition coefficient (Wildman–Crippen LogP) is 2.10. The lowest BCUT2D eigenvalue weighted by Gasteiger charge is -2.10. The number of benzene rings is 2. The standard InChI is InChI=1S/C18H19NO6/c1-23-13-4-3-5-14(9-13)25-11-17(20)19-10-12-6-7-16(24-2)15(8-12)18(21)22/h3-9H,10-11H2,1-2H3,(H,19,20)(H,21,22). The molecule has 0 bridgehead atoms. The number of carbonyl (C=O) groups excluding carboxylic acids is 1. The van der Waals surface area contributed by atoms with Gasteiger partial charge in [0.1, 0.15) is 22.8 Å². The molecule has 0 spiro atoms. The highest BCUT2D eigenvalue weighted by atomic mass is 16.5. The largest absolute Gasteiger partial charge is 0.497 e. The van der Waals surface area contributed by atoms with Crippen LogP contribution in [0.2, 0.25) is 0 Å². The Morgan fingerprint density at radius 2 is 1.80 bits per heavy atom. The number of hydrogen-bond acceptors (Lipinski definition) is 5. The average molecular weight is 345 g/mol. The van der Waals surface area contributed by atoms with Gasteiger partial charge in [-0.15, -0.1) is 0 Å². The van der Waals surface area contributed by atoms with Gasteiger partial charge in [0.2, 0.25) is 0 Å². The van der Waals surface area contributed by atoms with Crippen LogP contribution in [0.1, 0.15) is 15.9 Å². The van der Waals surface area contributed by atoms with Gasteiger partial charge < -0.3 is 24.6 Å². The van der Waals surface area contributed by atoms with Crippen molar-refractivity contribution in [2.75, 3.05) is 20.8 Å². The summed E-state index contributed by atoms with van der Waals surface area (Å²) in [6.45, 7) is 0.0275. The van der Waals surface area contributed by atoms with Crippen LogP contribution >= 0.6 is 0 Å². The van der Waals surface area contributed by atoms with Crippen molar-refractivity contribution in [3.63, 3.8) is 0 Å². The highest BCUT2D eigenvalue weighted by molar-refractivity contribution is 5.91. The van der Waals surface area contributed by atoms with Crippen molar-refractivity contribution in [2.24, 2.45) is 0 Å². The predicted molar refractivity (Wildman–Crippen MR) is 90.3 cm³/mol. The van der Waals surface area contributed by atoms with Crippen molar-refractivity contribution < 1.29 is 28.9 Å². The second kappa shape index (κ2) is 8.58. The molecule has 0 aromatic heterocycles. The third-order valence-electron chi connectivity index (χ3n) is 3.40. The zero-order valence-electron chi connectivity index (χ0n) is 13.9. The smallest absolute Gasteiger partial charge is 0.339 e. The Hall–Kier alpha value is -3.22. The minimum atomic E-state index is -1.09. The second-order valence-corrected chi connectivity index (χ2v) is 5.08. The molecule has 25 heavy (non-hydrogen) atoms. The van der Waals surface area contributed by atoms with Gasteiger partial charge in [-0.3, -0.25) is 4.79 Å². The van der Waals surface area contributed by atoms with Gasteiger partial charge in [-0.25, -0.2) is 4.79 Å². The van der Waals surface area contributed by atoms with E-state index in [0.29, 0.717) is 17.1 Å². The average Bonchev–Trinajstić information content (AvgIpc) is 2.64. The summed E-state index contributed by atoms with van der Waals surface area (Å²) in [6.07, 6.45) is 0. The van der Waals surface area contributed by atoms with Gasteiger partial charge in [0, 0.05) is 12.6 Å². The molecule has 0 aliphatic rings. The number of carboxylic acid groups (broad SMARTS) is 1. The van der Waals surface area contributed by atoms with Crippen LogP contribution in [-0.2, 0) is 11.3 Å². The molecule has 0 heterocycles. The fourth-order valence-corrected chi connectivity index (χ4v) is 2.12. The first-order valence-corrected chi connectivity index (χ1v) is 7.47. The summed E-state index contributed by atoms with van der Waals surface area (Å²) in [5, 5.41) is 11.8. The van der Waals surface area contributed by atoms with Crippen molar-refractivity contribution in [1.82, 2.24) is 5.32 Å². The molecule has 132 valence electrons. The molecule has 0 aliphatic heterocycles. The lowest BCUT2D eigenvalue weighted by atomic mass is 10.1. The summed E-state index contributed by atoms with van der Waals surface area (Å²) in [5.41, 5.74) is 0.690. The Morgan fingerprint density at radius 1 is 1.04 bits per heavy atom. The van der Waals surface area contributed by atoms with Crippen molar-refractivity contribution in [3.05, 3.63) is 53.6 Å². The topological polar surface area (TPSA) is 94.1 Å². The molecule has 0 unspecified atom stereocenters. The first kappa shape index (κ1) is 18.1. The molecule has 2 aromatic carbocycles. The summed E-state index contributed by atoms with van der Waals surface area (Å²) in [7, 11) is 2.95. The Labute approximate surface area is 145 Å². The molecular formula is C18H19NO6. The van der Waals surface area contributed by atoms with Crippen LogP contribution < -0.4 is 19.5 Å². The number of ether oxygens (including phenoxy) is 3. The Balaban J connectivity index is 1.89. The minimum Gasteiger partial charge on any atom is -0.497 e. The molecule has 0 atom stereocenters. The summed E-state index contributed by atoms with van der Waals surface area (Å²) < 4.78 is 15.5. The number of amides is 1. The molecule has 7 heteroatoms. The molecule has 0 saturated carbocycles. The lowest BCUT2D eigenvalue weighted by Crippen LogP contribution is -2.28. The Morgan fingerprint density at radius 3 is 2.48 bits per heavy atom. The third-order valence-corrected chi connectivity index (χ3v) is 3.40. The van der Waals surface area contributed by atoms with Crippen molar-refractivity contribution in [3.8, 4) is 17.2 Å². The highest BCUT2D eigenvalue weighted by Gasteiger charge is 2.12. The van der Waals surface area contributed by atoms with E-state index in [-0.39, 0.29) is 30.4 Å². The van der Waals surface area contributed by atoms with E-state index >= 15 is 0 Å². The number of rotatable bonds is 8. The van der Waals surface area contributed by atoms with E-state index in [1.807, 2.05) is 0 Å². The zero-order chi connectivity index (χ0) is 18.2. The molecule has 1 amide bonds. The summed E-state index contributed by atoms with van der Waals surface area (Å²) in [5.74, 6) is 0.00952. The maximum atomic E-state index is 11.9. The maximum Gasteiger partial charge on any atom is 0.339 e. The molecule has 2 rings (SSSR count). The molecule has 0 aliphatic carbocycles. The molecule has 2 aromatic rings. The minimum absolute atomic E-state index is 0.0434. The van der Waals surface area contributed by atoms with Crippen LogP contribution in [0.3, 0.4) is 0 Å². The number of aromatic carboxylic acids is 1. The van der Waals surface area contributed by atoms with Gasteiger partial charge in [-0.1, -0.05) is 12.1 Å². The fraction of sp³-hybridized carbons (Fsp3) is 0.222. The van der Waals surface area contributed by atoms with E-state index in [2.05, 4.69) is 5.32 Å². The van der Waals surface area contributed by atoms with Crippen molar-refractivity contribution in [2.45, 2.75) is 6.54 Å². The van der Waals surface area contributed by atoms with Gasteiger partial charge in [0.25, 0.3) is 5.91 Å². The van der Waals surface area contributed by atoms with Crippen LogP contribution in [0.5, 0.6) is 17.2 Å². The van der Waals surface area contributed by atoms with E-state index < -0.39 is 5.97 Å². The SMILES string of the molecule is COc1cccc(OCC(=O)NCc2ccc(OC)c(C(=O)O)c2)c1. The van der Waals surface area contributed by atoms with Crippen LogP contribution in [0, 0.1) is 0 Å². The molecule has 0 fully saturated rings. The van der Waals surface area contributed by atoms with Gasteiger partial charge in [0.15, 0.2) is 6.61 Å². The normalized spacial score (nSPS) is 10.0. The van der Waals surface area contributed by atoms with E-state index in [0.717, 1.165) is 0 Å². The molecule has 0 radical (unpaired) electrons. The summed E-state index contributed by atoms with van der Waals surface area (Å²) >= 11 is 0. The Bertz CT molecular complexity index is 759. The van der Waals surface area contributed by atoms with E-state index in [9.17, 15) is 9.59 Å². The Kier molecular flexibility index (Phi) is 6.22. The number of hydrogen-bond donors (Lipinski definition) is 2. The number of carbonyl (C=O) groups is 2. The number of nitrogens with one attached hydrogen (secondary N) is 1. The van der Waals surface area contributed by atoms with Crippen molar-refractivity contribution >= 4 is 11.9 Å². The second-order valence-electron chi connectivity index (χ2n) is 5.08. The van der Waals surface area contributed by atoms with E-state index in [4.69, 9.17) is 19.3 Å². The monoisotopic (exact) mass is 345 g/mol. The van der Waals surface area contributed by atoms with Crippen LogP contribution in [-0.4, -0.2) is 37.8 Å². The van der Waals surface area contributed by atoms with Crippen LogP contribution in [0.4, 0.5) is 0 Å². The van der Waals surface area contributed by atoms with E-state index in [1.165, 1.54) is 13.2 Å². The first-order chi connectivity index (χ1) is 12.0. The summed E-state index contributed by atoms with van der Waals surface area (Å²) in [6, 6.07) is 11.6. The molecule has 2 N–H and O–H groups in total. The maximum absolute atomic E-state index is 11.9. The van der Waals surface area contributed by atoms with Crippen LogP contribution in [0.15, 0.2) is 42.5 Å². The molecule has 7 nitrogen and oxygen atoms in total. The number of carboxylic acids is 1. The third kappa shape index (κ3) is 5.13. The highest BCUT2D eigenvalue weighted by Crippen LogP contribution is 2.20. The molecule has 0 saturated heterocycles. The van der Waals surface area contributed by atoms with Gasteiger partial charge in [-0.2, -0.15) is 0 Å². The fourth-order valence-electron chi connectivity index (χ4n) is 2.12.